The van der Waals surface area contributed by atoms with Gasteiger partial charge in [-0.2, -0.15) is 5.10 Å². The van der Waals surface area contributed by atoms with Crippen molar-refractivity contribution >= 4 is 11.6 Å². The van der Waals surface area contributed by atoms with Crippen LogP contribution >= 0.6 is 0 Å². The lowest BCUT2D eigenvalue weighted by Gasteiger charge is -2.12. The number of aryl methyl sites for hydroxylation is 4. The number of hydrogen-bond donors (Lipinski definition) is 1. The van der Waals surface area contributed by atoms with Gasteiger partial charge in [0.15, 0.2) is 0 Å². The predicted molar refractivity (Wildman–Crippen MR) is 93.3 cm³/mol. The van der Waals surface area contributed by atoms with Crippen LogP contribution < -0.4 is 11.0 Å². The Bertz CT molecular complexity index is 809. The second-order valence-electron chi connectivity index (χ2n) is 6.64. The van der Waals surface area contributed by atoms with E-state index in [9.17, 15) is 9.59 Å². The third-order valence-corrected chi connectivity index (χ3v) is 4.52. The summed E-state index contributed by atoms with van der Waals surface area (Å²) in [6.07, 6.45) is 3.96. The molecule has 1 aromatic carbocycles. The number of carbonyl (C=O) groups is 1. The van der Waals surface area contributed by atoms with E-state index in [0.717, 1.165) is 53.9 Å². The van der Waals surface area contributed by atoms with E-state index in [1.54, 1.807) is 4.57 Å². The van der Waals surface area contributed by atoms with Crippen molar-refractivity contribution in [3.05, 3.63) is 45.1 Å². The number of carbonyl (C=O) groups excluding carboxylic acids is 1. The largest absolute Gasteiger partial charge is 0.346 e. The highest BCUT2D eigenvalue weighted by atomic mass is 16.2. The molecule has 3 rings (SSSR count). The Morgan fingerprint density at radius 3 is 2.58 bits per heavy atom. The van der Waals surface area contributed by atoms with E-state index in [2.05, 4.69) is 10.4 Å². The van der Waals surface area contributed by atoms with Crippen molar-refractivity contribution in [1.29, 1.82) is 0 Å². The van der Waals surface area contributed by atoms with Crippen molar-refractivity contribution in [2.75, 3.05) is 5.32 Å². The molecule has 2 aromatic rings. The molecule has 0 saturated heterocycles. The highest BCUT2D eigenvalue weighted by molar-refractivity contribution is 5.92. The highest BCUT2D eigenvalue weighted by Crippen LogP contribution is 2.21. The van der Waals surface area contributed by atoms with Gasteiger partial charge in [-0.05, 0) is 44.7 Å². The smallest absolute Gasteiger partial charge is 0.324 e. The molecule has 1 N–H and O–H groups in total. The average Bonchev–Trinajstić information content (AvgIpc) is 2.69. The SMILES string of the molecule is Cc1cc(C)c(NC(=O)Cn2nc3n(c2=O)CCCCC3)c(C)c1. The van der Waals surface area contributed by atoms with Crippen LogP contribution in [0.2, 0.25) is 0 Å². The molecule has 0 unspecified atom stereocenters. The first-order valence-corrected chi connectivity index (χ1v) is 8.50. The van der Waals surface area contributed by atoms with E-state index >= 15 is 0 Å². The minimum absolute atomic E-state index is 0.0500. The first kappa shape index (κ1) is 16.5. The number of nitrogens with zero attached hydrogens (tertiary/aromatic N) is 3. The van der Waals surface area contributed by atoms with Gasteiger partial charge in [-0.25, -0.2) is 9.48 Å². The molecule has 1 amide bonds. The van der Waals surface area contributed by atoms with E-state index in [0.29, 0.717) is 6.54 Å². The zero-order valence-corrected chi connectivity index (χ0v) is 14.6. The van der Waals surface area contributed by atoms with E-state index in [1.165, 1.54) is 4.68 Å². The van der Waals surface area contributed by atoms with Crippen molar-refractivity contribution in [3.63, 3.8) is 0 Å². The van der Waals surface area contributed by atoms with Gasteiger partial charge >= 0.3 is 5.69 Å². The minimum atomic E-state index is -0.222. The maximum atomic E-state index is 12.4. The fourth-order valence-corrected chi connectivity index (χ4v) is 3.42. The first-order chi connectivity index (χ1) is 11.5. The number of benzene rings is 1. The number of fused-ring (bicyclic) bond motifs is 1. The molecule has 24 heavy (non-hydrogen) atoms. The van der Waals surface area contributed by atoms with Crippen LogP contribution in [0.3, 0.4) is 0 Å². The normalized spacial score (nSPS) is 14.1. The molecular weight excluding hydrogens is 304 g/mol. The van der Waals surface area contributed by atoms with E-state index in [-0.39, 0.29) is 18.1 Å². The summed E-state index contributed by atoms with van der Waals surface area (Å²) in [6.45, 7) is 6.63. The molecule has 1 aliphatic rings. The lowest BCUT2D eigenvalue weighted by Crippen LogP contribution is -2.30. The molecule has 6 heteroatoms. The number of anilines is 1. The number of amides is 1. The Kier molecular flexibility index (Phi) is 4.55. The molecule has 6 nitrogen and oxygen atoms in total. The molecule has 0 radical (unpaired) electrons. The molecule has 0 saturated carbocycles. The lowest BCUT2D eigenvalue weighted by atomic mass is 10.1. The Hall–Kier alpha value is -2.37. The Labute approximate surface area is 141 Å². The summed E-state index contributed by atoms with van der Waals surface area (Å²) in [5.41, 5.74) is 3.85. The molecule has 0 atom stereocenters. The topological polar surface area (TPSA) is 68.9 Å². The monoisotopic (exact) mass is 328 g/mol. The van der Waals surface area contributed by atoms with E-state index < -0.39 is 0 Å². The summed E-state index contributed by atoms with van der Waals surface area (Å²) in [6, 6.07) is 4.07. The first-order valence-electron chi connectivity index (χ1n) is 8.50. The number of hydrogen-bond acceptors (Lipinski definition) is 3. The Morgan fingerprint density at radius 1 is 1.17 bits per heavy atom. The summed E-state index contributed by atoms with van der Waals surface area (Å²) in [7, 11) is 0. The molecule has 1 aromatic heterocycles. The van der Waals surface area contributed by atoms with E-state index in [4.69, 9.17) is 0 Å². The molecule has 0 aliphatic carbocycles. The quantitative estimate of drug-likeness (QED) is 0.940. The fourth-order valence-electron chi connectivity index (χ4n) is 3.42. The third-order valence-electron chi connectivity index (χ3n) is 4.52. The molecule has 2 heterocycles. The molecular formula is C18H24N4O2. The highest BCUT2D eigenvalue weighted by Gasteiger charge is 2.17. The van der Waals surface area contributed by atoms with Crippen LogP contribution in [-0.4, -0.2) is 20.3 Å². The van der Waals surface area contributed by atoms with Crippen molar-refractivity contribution in [3.8, 4) is 0 Å². The second-order valence-corrected chi connectivity index (χ2v) is 6.64. The standard InChI is InChI=1S/C18H24N4O2/c1-12-9-13(2)17(14(3)10-12)19-16(23)11-22-18(24)21-8-6-4-5-7-15(21)20-22/h9-10H,4-8,11H2,1-3H3,(H,19,23). The van der Waals surface area contributed by atoms with Crippen molar-refractivity contribution in [1.82, 2.24) is 14.3 Å². The molecule has 0 bridgehead atoms. The molecule has 0 fully saturated rings. The van der Waals surface area contributed by atoms with Gasteiger partial charge < -0.3 is 5.32 Å². The molecule has 128 valence electrons. The van der Waals surface area contributed by atoms with Gasteiger partial charge in [0, 0.05) is 18.7 Å². The molecule has 0 spiro atoms. The van der Waals surface area contributed by atoms with Crippen molar-refractivity contribution in [2.45, 2.75) is 59.5 Å². The predicted octanol–water partition coefficient (Wildman–Crippen LogP) is 2.34. The van der Waals surface area contributed by atoms with Crippen LogP contribution in [-0.2, 0) is 24.3 Å². The fraction of sp³-hybridized carbons (Fsp3) is 0.500. The average molecular weight is 328 g/mol. The number of aromatic nitrogens is 3. The van der Waals surface area contributed by atoms with Crippen molar-refractivity contribution < 1.29 is 4.79 Å². The van der Waals surface area contributed by atoms with Crippen LogP contribution in [0.15, 0.2) is 16.9 Å². The third kappa shape index (κ3) is 3.27. The lowest BCUT2D eigenvalue weighted by molar-refractivity contribution is -0.117. The zero-order chi connectivity index (χ0) is 17.3. The van der Waals surface area contributed by atoms with E-state index in [1.807, 2.05) is 32.9 Å². The summed E-state index contributed by atoms with van der Waals surface area (Å²) < 4.78 is 3.00. The van der Waals surface area contributed by atoms with Crippen LogP contribution in [0, 0.1) is 20.8 Å². The van der Waals surface area contributed by atoms with Crippen LogP contribution in [0.1, 0.15) is 41.8 Å². The van der Waals surface area contributed by atoms with Crippen LogP contribution in [0.25, 0.3) is 0 Å². The van der Waals surface area contributed by atoms with Gasteiger partial charge in [0.2, 0.25) is 5.91 Å². The van der Waals surface area contributed by atoms with Gasteiger partial charge in [-0.3, -0.25) is 9.36 Å². The van der Waals surface area contributed by atoms with Gasteiger partial charge in [-0.1, -0.05) is 24.1 Å². The van der Waals surface area contributed by atoms with Gasteiger partial charge in [0.25, 0.3) is 0 Å². The number of nitrogens with one attached hydrogen (secondary N) is 1. The van der Waals surface area contributed by atoms with Gasteiger partial charge in [0.05, 0.1) is 0 Å². The molecule has 1 aliphatic heterocycles. The summed E-state index contributed by atoms with van der Waals surface area (Å²) in [5, 5.41) is 7.28. The second kappa shape index (κ2) is 6.63. The maximum absolute atomic E-state index is 12.4. The summed E-state index contributed by atoms with van der Waals surface area (Å²) in [4.78, 5) is 24.8. The number of rotatable bonds is 3. The van der Waals surface area contributed by atoms with Crippen LogP contribution in [0.5, 0.6) is 0 Å². The maximum Gasteiger partial charge on any atom is 0.346 e. The van der Waals surface area contributed by atoms with Gasteiger partial charge in [0.1, 0.15) is 12.4 Å². The Morgan fingerprint density at radius 2 is 1.88 bits per heavy atom. The summed E-state index contributed by atoms with van der Waals surface area (Å²) in [5.74, 6) is 0.577. The zero-order valence-electron chi connectivity index (χ0n) is 14.6. The van der Waals surface area contributed by atoms with Crippen LogP contribution in [0.4, 0.5) is 5.69 Å². The summed E-state index contributed by atoms with van der Waals surface area (Å²) >= 11 is 0. The van der Waals surface area contributed by atoms with Gasteiger partial charge in [-0.15, -0.1) is 0 Å². The minimum Gasteiger partial charge on any atom is -0.324 e. The Balaban J connectivity index is 1.78. The van der Waals surface area contributed by atoms with Crippen molar-refractivity contribution in [2.24, 2.45) is 0 Å².